The van der Waals surface area contributed by atoms with Gasteiger partial charge in [-0.2, -0.15) is 5.26 Å². The predicted octanol–water partition coefficient (Wildman–Crippen LogP) is 2.23. The molecule has 0 amide bonds. The molecule has 0 spiro atoms. The highest BCUT2D eigenvalue weighted by atomic mass is 16.3. The van der Waals surface area contributed by atoms with Crippen molar-refractivity contribution in [2.45, 2.75) is 51.6 Å². The number of aliphatic hydroxyl groups is 1. The Morgan fingerprint density at radius 1 is 1.45 bits per heavy atom. The van der Waals surface area contributed by atoms with E-state index in [9.17, 15) is 5.11 Å². The fraction of sp³-hybridized carbons (Fsp3) is 0.889. The van der Waals surface area contributed by atoms with E-state index in [0.29, 0.717) is 6.42 Å². The maximum absolute atomic E-state index is 9.63. The van der Waals surface area contributed by atoms with Gasteiger partial charge in [-0.15, -0.1) is 0 Å². The Labute approximate surface area is 68.8 Å². The zero-order valence-corrected chi connectivity index (χ0v) is 7.43. The molecule has 0 aliphatic rings. The van der Waals surface area contributed by atoms with Crippen molar-refractivity contribution >= 4 is 0 Å². The van der Waals surface area contributed by atoms with E-state index in [4.69, 9.17) is 5.26 Å². The van der Waals surface area contributed by atoms with Crippen LogP contribution in [0, 0.1) is 11.3 Å². The molecule has 0 aliphatic heterocycles. The topological polar surface area (TPSA) is 44.0 Å². The van der Waals surface area contributed by atoms with Crippen molar-refractivity contribution in [1.82, 2.24) is 0 Å². The van der Waals surface area contributed by atoms with E-state index in [1.54, 1.807) is 0 Å². The molecule has 0 saturated heterocycles. The molecule has 2 heteroatoms. The Morgan fingerprint density at radius 2 is 2.09 bits per heavy atom. The average molecular weight is 155 g/mol. The molecule has 0 saturated carbocycles. The van der Waals surface area contributed by atoms with Gasteiger partial charge in [0.1, 0.15) is 0 Å². The number of nitriles is 1. The fourth-order valence-corrected chi connectivity index (χ4v) is 1.21. The minimum Gasteiger partial charge on any atom is -0.390 e. The molecule has 64 valence electrons. The van der Waals surface area contributed by atoms with Crippen molar-refractivity contribution in [2.24, 2.45) is 0 Å². The van der Waals surface area contributed by atoms with Crippen molar-refractivity contribution in [3.05, 3.63) is 0 Å². The summed E-state index contributed by atoms with van der Waals surface area (Å²) >= 11 is 0. The number of unbranched alkanes of at least 4 members (excludes halogenated alkanes) is 1. The van der Waals surface area contributed by atoms with Crippen LogP contribution in [-0.2, 0) is 0 Å². The Morgan fingerprint density at radius 3 is 2.55 bits per heavy atom. The summed E-state index contributed by atoms with van der Waals surface area (Å²) < 4.78 is 0. The minimum atomic E-state index is -0.550. The van der Waals surface area contributed by atoms with Gasteiger partial charge in [-0.05, 0) is 26.2 Å². The molecule has 0 radical (unpaired) electrons. The lowest BCUT2D eigenvalue weighted by molar-refractivity contribution is 0.0396. The Balaban J connectivity index is 3.48. The summed E-state index contributed by atoms with van der Waals surface area (Å²) in [6.45, 7) is 3.90. The molecule has 0 bridgehead atoms. The molecule has 11 heavy (non-hydrogen) atoms. The van der Waals surface area contributed by atoms with Gasteiger partial charge in [0.2, 0.25) is 0 Å². The molecule has 0 aromatic carbocycles. The van der Waals surface area contributed by atoms with E-state index in [-0.39, 0.29) is 0 Å². The quantitative estimate of drug-likeness (QED) is 0.619. The van der Waals surface area contributed by atoms with E-state index < -0.39 is 5.60 Å². The van der Waals surface area contributed by atoms with Crippen molar-refractivity contribution in [3.8, 4) is 6.07 Å². The van der Waals surface area contributed by atoms with Gasteiger partial charge >= 0.3 is 0 Å². The molecule has 0 aromatic rings. The fourth-order valence-electron chi connectivity index (χ4n) is 1.21. The van der Waals surface area contributed by atoms with Crippen molar-refractivity contribution < 1.29 is 5.11 Å². The highest BCUT2D eigenvalue weighted by Gasteiger charge is 2.17. The van der Waals surface area contributed by atoms with Crippen LogP contribution < -0.4 is 0 Å². The van der Waals surface area contributed by atoms with Crippen LogP contribution in [0.15, 0.2) is 0 Å². The van der Waals surface area contributed by atoms with Crippen molar-refractivity contribution in [1.29, 1.82) is 5.26 Å². The maximum Gasteiger partial charge on any atom is 0.0621 e. The molecule has 0 heterocycles. The maximum atomic E-state index is 9.63. The molecular weight excluding hydrogens is 138 g/mol. The molecule has 0 aliphatic carbocycles. The minimum absolute atomic E-state index is 0.550. The lowest BCUT2D eigenvalue weighted by Crippen LogP contribution is -2.23. The second-order valence-corrected chi connectivity index (χ2v) is 3.26. The van der Waals surface area contributed by atoms with E-state index >= 15 is 0 Å². The summed E-state index contributed by atoms with van der Waals surface area (Å²) in [4.78, 5) is 0. The Bertz CT molecular complexity index is 135. The zero-order chi connectivity index (χ0) is 8.74. The van der Waals surface area contributed by atoms with Crippen LogP contribution in [0.5, 0.6) is 0 Å². The first kappa shape index (κ1) is 10.4. The van der Waals surface area contributed by atoms with Gasteiger partial charge in [0.15, 0.2) is 0 Å². The van der Waals surface area contributed by atoms with E-state index in [0.717, 1.165) is 25.7 Å². The monoisotopic (exact) mass is 155 g/mol. The van der Waals surface area contributed by atoms with Crippen LogP contribution >= 0.6 is 0 Å². The third kappa shape index (κ3) is 5.87. The molecule has 1 atom stereocenters. The van der Waals surface area contributed by atoms with Crippen molar-refractivity contribution in [3.63, 3.8) is 0 Å². The molecule has 0 fully saturated rings. The summed E-state index contributed by atoms with van der Waals surface area (Å²) in [7, 11) is 0. The lowest BCUT2D eigenvalue weighted by atomic mass is 9.94. The van der Waals surface area contributed by atoms with Gasteiger partial charge in [0, 0.05) is 6.42 Å². The van der Waals surface area contributed by atoms with Gasteiger partial charge in [-0.3, -0.25) is 0 Å². The van der Waals surface area contributed by atoms with Crippen molar-refractivity contribution in [2.75, 3.05) is 0 Å². The van der Waals surface area contributed by atoms with Crippen LogP contribution in [-0.4, -0.2) is 10.7 Å². The second kappa shape index (κ2) is 5.15. The highest BCUT2D eigenvalue weighted by Crippen LogP contribution is 2.18. The van der Waals surface area contributed by atoms with E-state index in [2.05, 4.69) is 13.0 Å². The van der Waals surface area contributed by atoms with Crippen LogP contribution in [0.2, 0.25) is 0 Å². The van der Waals surface area contributed by atoms with Crippen LogP contribution in [0.1, 0.15) is 46.0 Å². The Kier molecular flexibility index (Phi) is 4.89. The predicted molar refractivity (Wildman–Crippen MR) is 45.0 cm³/mol. The summed E-state index contributed by atoms with van der Waals surface area (Å²) in [6, 6.07) is 2.07. The first-order valence-corrected chi connectivity index (χ1v) is 4.21. The first-order valence-electron chi connectivity index (χ1n) is 4.21. The smallest absolute Gasteiger partial charge is 0.0621 e. The van der Waals surface area contributed by atoms with Crippen LogP contribution in [0.25, 0.3) is 0 Å². The van der Waals surface area contributed by atoms with Gasteiger partial charge < -0.3 is 5.11 Å². The largest absolute Gasteiger partial charge is 0.390 e. The van der Waals surface area contributed by atoms with E-state index in [1.165, 1.54) is 0 Å². The zero-order valence-electron chi connectivity index (χ0n) is 7.43. The number of nitrogens with zero attached hydrogens (tertiary/aromatic N) is 1. The van der Waals surface area contributed by atoms with Gasteiger partial charge in [0.05, 0.1) is 11.7 Å². The summed E-state index contributed by atoms with van der Waals surface area (Å²) in [5.74, 6) is 0. The number of rotatable bonds is 5. The third-order valence-electron chi connectivity index (χ3n) is 1.79. The molecule has 2 nitrogen and oxygen atoms in total. The van der Waals surface area contributed by atoms with Gasteiger partial charge in [-0.1, -0.05) is 13.3 Å². The molecule has 1 N–H and O–H groups in total. The molecule has 0 rings (SSSR count). The summed E-state index contributed by atoms with van der Waals surface area (Å²) in [5, 5.41) is 17.9. The van der Waals surface area contributed by atoms with Crippen LogP contribution in [0.4, 0.5) is 0 Å². The first-order chi connectivity index (χ1) is 5.12. The lowest BCUT2D eigenvalue weighted by Gasteiger charge is -2.21. The van der Waals surface area contributed by atoms with E-state index in [1.807, 2.05) is 6.92 Å². The molecule has 1 unspecified atom stereocenters. The second-order valence-electron chi connectivity index (χ2n) is 3.26. The molecule has 0 aromatic heterocycles. The summed E-state index contributed by atoms with van der Waals surface area (Å²) in [5.41, 5.74) is -0.550. The highest BCUT2D eigenvalue weighted by molar-refractivity contribution is 4.75. The van der Waals surface area contributed by atoms with Gasteiger partial charge in [0.25, 0.3) is 0 Å². The Hall–Kier alpha value is -0.550. The summed E-state index contributed by atoms with van der Waals surface area (Å²) in [6.07, 6.45) is 3.94. The van der Waals surface area contributed by atoms with Crippen LogP contribution in [0.3, 0.4) is 0 Å². The normalized spacial score (nSPS) is 15.5. The standard InChI is InChI=1S/C9H17NO/c1-3-6-9(2,11)7-4-5-8-10/h11H,3-7H2,1-2H3. The van der Waals surface area contributed by atoms with Gasteiger partial charge in [-0.25, -0.2) is 0 Å². The SMILES string of the molecule is CCCC(C)(O)CCCC#N. The number of hydrogen-bond acceptors (Lipinski definition) is 2. The third-order valence-corrected chi connectivity index (χ3v) is 1.79. The number of hydrogen-bond donors (Lipinski definition) is 1. The average Bonchev–Trinajstić information content (AvgIpc) is 1.87. The molecular formula is C9H17NO.